The van der Waals surface area contributed by atoms with Gasteiger partial charge in [-0.25, -0.2) is 9.97 Å². The molecule has 0 atom stereocenters. The van der Waals surface area contributed by atoms with Crippen LogP contribution in [0.4, 0.5) is 0 Å². The molecule has 5 rings (SSSR count). The quantitative estimate of drug-likeness (QED) is 0.430. The second-order valence-electron chi connectivity index (χ2n) is 7.04. The number of methoxy groups -OCH3 is 1. The van der Waals surface area contributed by atoms with E-state index in [1.165, 1.54) is 11.1 Å². The molecule has 0 fully saturated rings. The van der Waals surface area contributed by atoms with Crippen molar-refractivity contribution in [2.75, 3.05) is 7.11 Å². The fourth-order valence-corrected chi connectivity index (χ4v) is 3.82. The van der Waals surface area contributed by atoms with E-state index in [0.717, 1.165) is 39.5 Å². The first-order valence-corrected chi connectivity index (χ1v) is 9.52. The number of hydrogen-bond donors (Lipinski definition) is 0. The van der Waals surface area contributed by atoms with E-state index < -0.39 is 0 Å². The van der Waals surface area contributed by atoms with E-state index >= 15 is 0 Å². The molecule has 142 valence electrons. The second-order valence-corrected chi connectivity index (χ2v) is 7.04. The Morgan fingerprint density at radius 1 is 0.690 bits per heavy atom. The van der Waals surface area contributed by atoms with E-state index in [-0.39, 0.29) is 0 Å². The van der Waals surface area contributed by atoms with Crippen molar-refractivity contribution in [2.24, 2.45) is 0 Å². The van der Waals surface area contributed by atoms with E-state index in [4.69, 9.17) is 14.7 Å². The van der Waals surface area contributed by atoms with E-state index in [1.807, 2.05) is 32.0 Å². The predicted molar refractivity (Wildman–Crippen MR) is 115 cm³/mol. The lowest BCUT2D eigenvalue weighted by molar-refractivity contribution is 0.399. The number of rotatable bonds is 3. The lowest BCUT2D eigenvalue weighted by Crippen LogP contribution is -2.00. The van der Waals surface area contributed by atoms with Crippen LogP contribution >= 0.6 is 0 Å². The molecular formula is C24H20N4O. The third kappa shape index (κ3) is 2.83. The van der Waals surface area contributed by atoms with Gasteiger partial charge in [0.15, 0.2) is 5.65 Å². The Kier molecular flexibility index (Phi) is 4.02. The number of benzene rings is 2. The maximum atomic E-state index is 5.35. The van der Waals surface area contributed by atoms with E-state index in [9.17, 15) is 0 Å². The minimum atomic E-state index is 0.557. The summed E-state index contributed by atoms with van der Waals surface area (Å²) in [6.07, 6.45) is 0. The van der Waals surface area contributed by atoms with Gasteiger partial charge in [-0.1, -0.05) is 54.6 Å². The number of aromatic nitrogens is 4. The van der Waals surface area contributed by atoms with Crippen molar-refractivity contribution in [1.82, 2.24) is 19.4 Å². The molecule has 0 amide bonds. The summed E-state index contributed by atoms with van der Waals surface area (Å²) in [4.78, 5) is 14.3. The van der Waals surface area contributed by atoms with Gasteiger partial charge in [0.05, 0.1) is 24.0 Å². The van der Waals surface area contributed by atoms with Crippen LogP contribution in [0.15, 0.2) is 66.7 Å². The van der Waals surface area contributed by atoms with Gasteiger partial charge >= 0.3 is 0 Å². The van der Waals surface area contributed by atoms with Crippen molar-refractivity contribution in [2.45, 2.75) is 13.8 Å². The summed E-state index contributed by atoms with van der Waals surface area (Å²) >= 11 is 0. The van der Waals surface area contributed by atoms with Gasteiger partial charge in [0, 0.05) is 11.6 Å². The maximum Gasteiger partial charge on any atom is 0.215 e. The molecule has 0 unspecified atom stereocenters. The van der Waals surface area contributed by atoms with Crippen molar-refractivity contribution < 1.29 is 4.74 Å². The molecule has 0 radical (unpaired) electrons. The number of imidazole rings is 1. The number of ether oxygens (including phenoxy) is 1. The van der Waals surface area contributed by atoms with Crippen molar-refractivity contribution >= 4 is 16.7 Å². The van der Waals surface area contributed by atoms with Crippen LogP contribution in [-0.2, 0) is 0 Å². The van der Waals surface area contributed by atoms with Gasteiger partial charge in [-0.2, -0.15) is 4.98 Å². The molecule has 0 aliphatic rings. The summed E-state index contributed by atoms with van der Waals surface area (Å²) in [7, 11) is 1.62. The molecule has 0 aliphatic carbocycles. The summed E-state index contributed by atoms with van der Waals surface area (Å²) < 4.78 is 7.44. The topological polar surface area (TPSA) is 52.3 Å². The molecule has 2 aromatic carbocycles. The zero-order chi connectivity index (χ0) is 20.0. The van der Waals surface area contributed by atoms with Gasteiger partial charge in [0.25, 0.3) is 0 Å². The van der Waals surface area contributed by atoms with Gasteiger partial charge in [0.1, 0.15) is 11.3 Å². The molecule has 0 saturated carbocycles. The third-order valence-electron chi connectivity index (χ3n) is 5.18. The first kappa shape index (κ1) is 17.4. The van der Waals surface area contributed by atoms with E-state index in [2.05, 4.69) is 57.9 Å². The summed E-state index contributed by atoms with van der Waals surface area (Å²) in [5.41, 5.74) is 7.81. The zero-order valence-electron chi connectivity index (χ0n) is 16.5. The Morgan fingerprint density at radius 2 is 1.34 bits per heavy atom. The van der Waals surface area contributed by atoms with Crippen LogP contribution < -0.4 is 4.74 Å². The average molecular weight is 380 g/mol. The normalized spacial score (nSPS) is 11.3. The Morgan fingerprint density at radius 3 is 2.07 bits per heavy atom. The molecule has 3 aromatic heterocycles. The van der Waals surface area contributed by atoms with Crippen LogP contribution in [-0.4, -0.2) is 26.5 Å². The number of fused-ring (bicyclic) bond motifs is 3. The highest BCUT2D eigenvalue weighted by molar-refractivity contribution is 5.81. The molecule has 3 heterocycles. The fourth-order valence-electron chi connectivity index (χ4n) is 3.82. The summed E-state index contributed by atoms with van der Waals surface area (Å²) in [6, 6.07) is 22.6. The van der Waals surface area contributed by atoms with Gasteiger partial charge < -0.3 is 4.74 Å². The Bertz CT molecular complexity index is 1340. The van der Waals surface area contributed by atoms with Crippen LogP contribution in [0.2, 0.25) is 0 Å². The SMILES string of the molecule is COc1ccc2nc(C)c3c(C)nc(-c4ccc(-c5ccccc5)cc4)n3c2n1. The number of hydrogen-bond acceptors (Lipinski definition) is 4. The van der Waals surface area contributed by atoms with Crippen LogP contribution in [0.3, 0.4) is 0 Å². The fraction of sp³-hybridized carbons (Fsp3) is 0.125. The monoisotopic (exact) mass is 380 g/mol. The second kappa shape index (κ2) is 6.71. The molecule has 5 nitrogen and oxygen atoms in total. The smallest absolute Gasteiger partial charge is 0.215 e. The molecule has 29 heavy (non-hydrogen) atoms. The van der Waals surface area contributed by atoms with Gasteiger partial charge in [-0.15, -0.1) is 0 Å². The van der Waals surface area contributed by atoms with E-state index in [0.29, 0.717) is 5.88 Å². The first-order valence-electron chi connectivity index (χ1n) is 9.52. The maximum absolute atomic E-state index is 5.35. The third-order valence-corrected chi connectivity index (χ3v) is 5.18. The van der Waals surface area contributed by atoms with Gasteiger partial charge in [0.2, 0.25) is 5.88 Å². The van der Waals surface area contributed by atoms with Crippen molar-refractivity contribution in [3.8, 4) is 28.4 Å². The standard InChI is InChI=1S/C24H20N4O/c1-15-22-16(2)26-23(28(22)24-20(25-15)13-14-21(27-24)29-3)19-11-9-18(10-12-19)17-7-5-4-6-8-17/h4-14H,1-3H3. The number of pyridine rings is 1. The van der Waals surface area contributed by atoms with Crippen LogP contribution in [0.5, 0.6) is 5.88 Å². The highest BCUT2D eigenvalue weighted by Crippen LogP contribution is 2.30. The molecule has 0 saturated heterocycles. The number of aryl methyl sites for hydroxylation is 2. The lowest BCUT2D eigenvalue weighted by Gasteiger charge is -2.09. The summed E-state index contributed by atoms with van der Waals surface area (Å²) in [6.45, 7) is 4.02. The summed E-state index contributed by atoms with van der Waals surface area (Å²) in [5, 5.41) is 0. The highest BCUT2D eigenvalue weighted by atomic mass is 16.5. The zero-order valence-corrected chi connectivity index (χ0v) is 16.5. The molecule has 5 aromatic rings. The average Bonchev–Trinajstić information content (AvgIpc) is 3.12. The highest BCUT2D eigenvalue weighted by Gasteiger charge is 2.17. The lowest BCUT2D eigenvalue weighted by atomic mass is 10.0. The van der Waals surface area contributed by atoms with Crippen LogP contribution in [0, 0.1) is 13.8 Å². The largest absolute Gasteiger partial charge is 0.481 e. The molecule has 5 heteroatoms. The molecule has 0 spiro atoms. The minimum Gasteiger partial charge on any atom is -0.481 e. The summed E-state index contributed by atoms with van der Waals surface area (Å²) in [5.74, 6) is 1.41. The van der Waals surface area contributed by atoms with Crippen molar-refractivity contribution in [1.29, 1.82) is 0 Å². The molecule has 0 N–H and O–H groups in total. The van der Waals surface area contributed by atoms with E-state index in [1.54, 1.807) is 7.11 Å². The molecular weight excluding hydrogens is 360 g/mol. The molecule has 0 bridgehead atoms. The predicted octanol–water partition coefficient (Wildman–Crippen LogP) is 5.24. The van der Waals surface area contributed by atoms with Crippen LogP contribution in [0.1, 0.15) is 11.4 Å². The van der Waals surface area contributed by atoms with Gasteiger partial charge in [-0.3, -0.25) is 4.40 Å². The van der Waals surface area contributed by atoms with Gasteiger partial charge in [-0.05, 0) is 31.0 Å². The minimum absolute atomic E-state index is 0.557. The van der Waals surface area contributed by atoms with Crippen molar-refractivity contribution in [3.63, 3.8) is 0 Å². The van der Waals surface area contributed by atoms with Crippen LogP contribution in [0.25, 0.3) is 39.2 Å². The molecule has 0 aliphatic heterocycles. The Balaban J connectivity index is 1.74. The Labute approximate surface area is 168 Å². The number of nitrogens with zero attached hydrogens (tertiary/aromatic N) is 4. The first-order chi connectivity index (χ1) is 14.2. The van der Waals surface area contributed by atoms with Crippen molar-refractivity contribution in [3.05, 3.63) is 78.1 Å². The Hall–Kier alpha value is -3.73.